The van der Waals surface area contributed by atoms with E-state index in [0.29, 0.717) is 22.5 Å². The molecular formula is C15H18I2O4. The molecule has 0 fully saturated rings. The highest BCUT2D eigenvalue weighted by Gasteiger charge is 2.22. The molecule has 6 heteroatoms. The van der Waals surface area contributed by atoms with Gasteiger partial charge in [-0.15, -0.1) is 0 Å². The Balaban J connectivity index is 2.67. The van der Waals surface area contributed by atoms with Gasteiger partial charge in [0, 0.05) is 8.35 Å². The zero-order chi connectivity index (χ0) is 15.7. The number of rotatable bonds is 8. The normalized spacial score (nSPS) is 13.3. The van der Waals surface area contributed by atoms with E-state index in [0.717, 1.165) is 4.43 Å². The first-order chi connectivity index (χ1) is 10.1. The summed E-state index contributed by atoms with van der Waals surface area (Å²) in [5.74, 6) is -0.734. The number of carbonyl (C=O) groups excluding carboxylic acids is 2. The molecule has 0 saturated heterocycles. The van der Waals surface area contributed by atoms with E-state index in [-0.39, 0.29) is 12.4 Å². The summed E-state index contributed by atoms with van der Waals surface area (Å²) in [4.78, 5) is 23.7. The zero-order valence-corrected chi connectivity index (χ0v) is 16.1. The van der Waals surface area contributed by atoms with Gasteiger partial charge >= 0.3 is 11.9 Å². The van der Waals surface area contributed by atoms with E-state index in [1.165, 1.54) is 0 Å². The van der Waals surface area contributed by atoms with Crippen molar-refractivity contribution in [3.8, 4) is 0 Å². The number of alkyl halides is 2. The molecule has 1 unspecified atom stereocenters. The third-order valence-electron chi connectivity index (χ3n) is 2.67. The predicted molar refractivity (Wildman–Crippen MR) is 98.2 cm³/mol. The Morgan fingerprint density at radius 1 is 1.24 bits per heavy atom. The molecule has 0 aliphatic carbocycles. The van der Waals surface area contributed by atoms with Crippen molar-refractivity contribution in [2.24, 2.45) is 0 Å². The van der Waals surface area contributed by atoms with Crippen LogP contribution in [0.25, 0.3) is 0 Å². The third-order valence-corrected chi connectivity index (χ3v) is 6.37. The molecule has 0 spiro atoms. The number of ether oxygens (including phenoxy) is 2. The fraction of sp³-hybridized carbons (Fsp3) is 0.467. The number of hydrogen-bond acceptors (Lipinski definition) is 4. The highest BCUT2D eigenvalue weighted by atomic mass is 127. The van der Waals surface area contributed by atoms with Gasteiger partial charge in [0.25, 0.3) is 0 Å². The molecule has 0 N–H and O–H groups in total. The SMILES string of the molecule is CCOC(=O)C[C@@H](CC(I)CI)OC(=O)c1ccccc1. The van der Waals surface area contributed by atoms with Gasteiger partial charge in [-0.1, -0.05) is 63.4 Å². The molecule has 0 radical (unpaired) electrons. The molecule has 0 aromatic heterocycles. The first-order valence-electron chi connectivity index (χ1n) is 6.68. The van der Waals surface area contributed by atoms with Crippen molar-refractivity contribution in [3.63, 3.8) is 0 Å². The lowest BCUT2D eigenvalue weighted by atomic mass is 10.1. The molecule has 1 aromatic rings. The molecule has 0 aliphatic rings. The second-order valence-corrected chi connectivity index (χ2v) is 7.03. The number of hydrogen-bond donors (Lipinski definition) is 0. The maximum absolute atomic E-state index is 12.1. The molecule has 0 heterocycles. The van der Waals surface area contributed by atoms with Crippen LogP contribution in [0.2, 0.25) is 0 Å². The minimum Gasteiger partial charge on any atom is -0.466 e. The van der Waals surface area contributed by atoms with Gasteiger partial charge in [-0.25, -0.2) is 4.79 Å². The monoisotopic (exact) mass is 516 g/mol. The van der Waals surface area contributed by atoms with Crippen molar-refractivity contribution < 1.29 is 19.1 Å². The summed E-state index contributed by atoms with van der Waals surface area (Å²) in [5, 5.41) is 0. The van der Waals surface area contributed by atoms with Crippen LogP contribution >= 0.6 is 45.2 Å². The maximum Gasteiger partial charge on any atom is 0.338 e. The van der Waals surface area contributed by atoms with Crippen LogP contribution in [0, 0.1) is 0 Å². The molecule has 21 heavy (non-hydrogen) atoms. The predicted octanol–water partition coefficient (Wildman–Crippen LogP) is 3.79. The van der Waals surface area contributed by atoms with Gasteiger partial charge in [0.2, 0.25) is 0 Å². The van der Waals surface area contributed by atoms with E-state index in [9.17, 15) is 9.59 Å². The Labute approximate surface area is 152 Å². The minimum atomic E-state index is -0.451. The number of carbonyl (C=O) groups is 2. The molecule has 0 amide bonds. The van der Waals surface area contributed by atoms with Crippen LogP contribution in [0.5, 0.6) is 0 Å². The number of halogens is 2. The summed E-state index contributed by atoms with van der Waals surface area (Å²) < 4.78 is 11.7. The second-order valence-electron chi connectivity index (χ2n) is 4.39. The first-order valence-corrected chi connectivity index (χ1v) is 9.45. The second kappa shape index (κ2) is 10.4. The number of esters is 2. The van der Waals surface area contributed by atoms with E-state index < -0.39 is 12.1 Å². The van der Waals surface area contributed by atoms with Crippen molar-refractivity contribution in [1.82, 2.24) is 0 Å². The molecular weight excluding hydrogens is 498 g/mol. The van der Waals surface area contributed by atoms with Crippen LogP contribution < -0.4 is 0 Å². The zero-order valence-electron chi connectivity index (χ0n) is 11.8. The lowest BCUT2D eigenvalue weighted by Gasteiger charge is -2.19. The summed E-state index contributed by atoms with van der Waals surface area (Å²) >= 11 is 4.58. The fourth-order valence-corrected chi connectivity index (χ4v) is 2.65. The van der Waals surface area contributed by atoms with Gasteiger partial charge < -0.3 is 9.47 Å². The highest BCUT2D eigenvalue weighted by molar-refractivity contribution is 14.1. The van der Waals surface area contributed by atoms with Gasteiger partial charge in [0.1, 0.15) is 6.10 Å². The first kappa shape index (κ1) is 18.7. The average molecular weight is 516 g/mol. The quantitative estimate of drug-likeness (QED) is 0.300. The van der Waals surface area contributed by atoms with Crippen LogP contribution in [0.1, 0.15) is 30.1 Å². The summed E-state index contributed by atoms with van der Waals surface area (Å²) in [6.07, 6.45) is 0.289. The lowest BCUT2D eigenvalue weighted by Crippen LogP contribution is -2.26. The Morgan fingerprint density at radius 2 is 1.90 bits per heavy atom. The average Bonchev–Trinajstić information content (AvgIpc) is 2.48. The Kier molecular flexibility index (Phi) is 9.21. The molecule has 2 atom stereocenters. The standard InChI is InChI=1S/C15H18I2O4/c1-2-20-14(18)9-13(8-12(17)10-16)21-15(19)11-6-4-3-5-7-11/h3-7,12-13H,2,8-10H2,1H3/t12?,13-/m1/s1. The van der Waals surface area contributed by atoms with Crippen LogP contribution in [-0.4, -0.2) is 33.0 Å². The van der Waals surface area contributed by atoms with Crippen LogP contribution in [0.15, 0.2) is 30.3 Å². The van der Waals surface area contributed by atoms with Gasteiger partial charge in [-0.2, -0.15) is 0 Å². The molecule has 1 aromatic carbocycles. The van der Waals surface area contributed by atoms with Crippen LogP contribution in [-0.2, 0) is 14.3 Å². The summed E-state index contributed by atoms with van der Waals surface area (Å²) in [6, 6.07) is 8.79. The summed E-state index contributed by atoms with van der Waals surface area (Å²) in [7, 11) is 0. The fourth-order valence-electron chi connectivity index (χ4n) is 1.72. The molecule has 116 valence electrons. The largest absolute Gasteiger partial charge is 0.466 e. The van der Waals surface area contributed by atoms with Crippen molar-refractivity contribution >= 4 is 57.1 Å². The maximum atomic E-state index is 12.1. The van der Waals surface area contributed by atoms with E-state index >= 15 is 0 Å². The summed E-state index contributed by atoms with van der Waals surface area (Å²) in [5.41, 5.74) is 0.492. The minimum absolute atomic E-state index is 0.0998. The summed E-state index contributed by atoms with van der Waals surface area (Å²) in [6.45, 7) is 2.09. The van der Waals surface area contributed by atoms with E-state index in [4.69, 9.17) is 9.47 Å². The van der Waals surface area contributed by atoms with Crippen molar-refractivity contribution in [2.45, 2.75) is 29.8 Å². The van der Waals surface area contributed by atoms with Gasteiger partial charge in [-0.3, -0.25) is 4.79 Å². The third kappa shape index (κ3) is 7.44. The molecule has 4 nitrogen and oxygen atoms in total. The smallest absolute Gasteiger partial charge is 0.338 e. The van der Waals surface area contributed by atoms with E-state index in [1.807, 2.05) is 6.07 Å². The highest BCUT2D eigenvalue weighted by Crippen LogP contribution is 2.18. The number of benzene rings is 1. The van der Waals surface area contributed by atoms with Crippen molar-refractivity contribution in [3.05, 3.63) is 35.9 Å². The topological polar surface area (TPSA) is 52.6 Å². The Bertz CT molecular complexity index is 450. The van der Waals surface area contributed by atoms with E-state index in [2.05, 4.69) is 45.2 Å². The molecule has 0 aliphatic heterocycles. The van der Waals surface area contributed by atoms with Crippen LogP contribution in [0.4, 0.5) is 0 Å². The molecule has 0 bridgehead atoms. The van der Waals surface area contributed by atoms with E-state index in [1.54, 1.807) is 31.2 Å². The Hall–Kier alpha value is -0.380. The lowest BCUT2D eigenvalue weighted by molar-refractivity contribution is -0.145. The molecule has 0 saturated carbocycles. The van der Waals surface area contributed by atoms with Gasteiger partial charge in [-0.05, 0) is 25.5 Å². The van der Waals surface area contributed by atoms with Gasteiger partial charge in [0.15, 0.2) is 0 Å². The Morgan fingerprint density at radius 3 is 2.48 bits per heavy atom. The van der Waals surface area contributed by atoms with Gasteiger partial charge in [0.05, 0.1) is 18.6 Å². The van der Waals surface area contributed by atoms with Crippen molar-refractivity contribution in [2.75, 3.05) is 11.0 Å². The van der Waals surface area contributed by atoms with Crippen molar-refractivity contribution in [1.29, 1.82) is 0 Å². The van der Waals surface area contributed by atoms with Crippen LogP contribution in [0.3, 0.4) is 0 Å². The molecule has 1 rings (SSSR count).